The molecule has 1 aliphatic carbocycles. The monoisotopic (exact) mass is 449 g/mol. The molecule has 2 atom stereocenters. The maximum Gasteiger partial charge on any atom is 0.126 e. The molecule has 1 aromatic heterocycles. The van der Waals surface area contributed by atoms with Crippen molar-refractivity contribution in [3.8, 4) is 0 Å². The van der Waals surface area contributed by atoms with Crippen molar-refractivity contribution in [3.63, 3.8) is 0 Å². The molecule has 0 bridgehead atoms. The van der Waals surface area contributed by atoms with Crippen molar-refractivity contribution < 1.29 is 4.39 Å². The van der Waals surface area contributed by atoms with Crippen molar-refractivity contribution in [2.75, 3.05) is 37.6 Å². The molecule has 2 aromatic carbocycles. The van der Waals surface area contributed by atoms with Gasteiger partial charge in [-0.05, 0) is 55.5 Å². The van der Waals surface area contributed by atoms with Gasteiger partial charge in [-0.15, -0.1) is 0 Å². The van der Waals surface area contributed by atoms with Crippen molar-refractivity contribution >= 4 is 16.7 Å². The number of H-pyrrole nitrogens is 1. The normalized spacial score (nSPS) is 20.2. The molecule has 0 amide bonds. The number of benzene rings is 2. The van der Waals surface area contributed by atoms with E-state index in [1.54, 1.807) is 18.5 Å². The lowest BCUT2D eigenvalue weighted by atomic mass is 9.75. The first-order valence-electron chi connectivity index (χ1n) is 12.6. The molecule has 2 fully saturated rings. The molecule has 2 heterocycles. The zero-order valence-corrected chi connectivity index (χ0v) is 19.4. The van der Waals surface area contributed by atoms with E-state index in [4.69, 9.17) is 5.73 Å². The van der Waals surface area contributed by atoms with Gasteiger partial charge in [0.2, 0.25) is 0 Å². The second kappa shape index (κ2) is 10.2. The van der Waals surface area contributed by atoms with Gasteiger partial charge in [0.1, 0.15) is 11.3 Å². The third-order valence-electron chi connectivity index (χ3n) is 7.86. The first-order valence-corrected chi connectivity index (χ1v) is 12.6. The average Bonchev–Trinajstić information content (AvgIpc) is 3.35. The highest BCUT2D eigenvalue weighted by molar-refractivity contribution is 5.88. The number of anilines is 1. The van der Waals surface area contributed by atoms with Crippen molar-refractivity contribution in [1.29, 1.82) is 0 Å². The largest absolute Gasteiger partial charge is 0.367 e. The molecule has 6 heteroatoms. The number of fused-ring (bicyclic) bond motifs is 1. The second-order valence-electron chi connectivity index (χ2n) is 9.80. The maximum absolute atomic E-state index is 14.8. The number of hydrogen-bond acceptors (Lipinski definition) is 4. The van der Waals surface area contributed by atoms with E-state index in [2.05, 4.69) is 38.0 Å². The number of nitrogens with zero attached hydrogens (tertiary/aromatic N) is 3. The highest BCUT2D eigenvalue weighted by Crippen LogP contribution is 2.35. The maximum atomic E-state index is 14.8. The highest BCUT2D eigenvalue weighted by atomic mass is 19.1. The average molecular weight is 450 g/mol. The fourth-order valence-electron chi connectivity index (χ4n) is 5.92. The lowest BCUT2D eigenvalue weighted by Gasteiger charge is -2.38. The predicted molar refractivity (Wildman–Crippen MR) is 133 cm³/mol. The van der Waals surface area contributed by atoms with Crippen LogP contribution in [0.15, 0.2) is 48.8 Å². The van der Waals surface area contributed by atoms with Gasteiger partial charge < -0.3 is 15.6 Å². The van der Waals surface area contributed by atoms with Crippen LogP contribution in [-0.4, -0.2) is 53.6 Å². The molecule has 0 radical (unpaired) electrons. The summed E-state index contributed by atoms with van der Waals surface area (Å²) < 4.78 is 14.8. The summed E-state index contributed by atoms with van der Waals surface area (Å²) in [6, 6.07) is 13.6. The molecular formula is C27H36FN5. The molecule has 3 aromatic rings. The zero-order chi connectivity index (χ0) is 22.6. The van der Waals surface area contributed by atoms with E-state index >= 15 is 0 Å². The Labute approximate surface area is 196 Å². The number of para-hydroxylation sites is 1. The summed E-state index contributed by atoms with van der Waals surface area (Å²) in [5.41, 5.74) is 11.0. The minimum absolute atomic E-state index is 0.0285. The van der Waals surface area contributed by atoms with E-state index in [-0.39, 0.29) is 17.8 Å². The Morgan fingerprint density at radius 1 is 1.00 bits per heavy atom. The number of nitrogens with two attached hydrogens (primary N) is 1. The van der Waals surface area contributed by atoms with E-state index in [9.17, 15) is 4.39 Å². The van der Waals surface area contributed by atoms with Crippen LogP contribution in [-0.2, 0) is 0 Å². The molecule has 1 saturated carbocycles. The molecule has 0 spiro atoms. The molecule has 176 valence electrons. The fraction of sp³-hybridized carbons (Fsp3) is 0.519. The lowest BCUT2D eigenvalue weighted by Crippen LogP contribution is -2.47. The third-order valence-corrected chi connectivity index (χ3v) is 7.86. The van der Waals surface area contributed by atoms with Crippen molar-refractivity contribution in [3.05, 3.63) is 60.2 Å². The van der Waals surface area contributed by atoms with Gasteiger partial charge in [-0.2, -0.15) is 0 Å². The zero-order valence-electron chi connectivity index (χ0n) is 19.4. The minimum atomic E-state index is -0.106. The van der Waals surface area contributed by atoms with Crippen molar-refractivity contribution in [1.82, 2.24) is 14.9 Å². The fourth-order valence-corrected chi connectivity index (χ4v) is 5.92. The molecule has 33 heavy (non-hydrogen) atoms. The molecule has 5 nitrogen and oxygen atoms in total. The quantitative estimate of drug-likeness (QED) is 0.538. The van der Waals surface area contributed by atoms with E-state index in [0.717, 1.165) is 55.7 Å². The van der Waals surface area contributed by atoms with E-state index in [1.165, 1.54) is 37.8 Å². The van der Waals surface area contributed by atoms with Crippen LogP contribution in [0.25, 0.3) is 11.0 Å². The Bertz CT molecular complexity index is 1040. The number of imidazole rings is 1. The van der Waals surface area contributed by atoms with E-state index < -0.39 is 0 Å². The molecule has 3 N–H and O–H groups in total. The number of piperazine rings is 1. The molecular weight excluding hydrogens is 413 g/mol. The van der Waals surface area contributed by atoms with E-state index in [1.807, 2.05) is 12.1 Å². The Balaban J connectivity index is 1.23. The van der Waals surface area contributed by atoms with Crippen molar-refractivity contribution in [2.45, 2.75) is 50.5 Å². The van der Waals surface area contributed by atoms with Gasteiger partial charge in [-0.1, -0.05) is 43.5 Å². The van der Waals surface area contributed by atoms with Gasteiger partial charge in [0.05, 0.1) is 17.5 Å². The van der Waals surface area contributed by atoms with Crippen molar-refractivity contribution in [2.24, 2.45) is 11.7 Å². The first kappa shape index (κ1) is 22.4. The molecule has 5 rings (SSSR count). The Morgan fingerprint density at radius 2 is 1.79 bits per heavy atom. The Hall–Kier alpha value is -2.44. The van der Waals surface area contributed by atoms with Crippen LogP contribution >= 0.6 is 0 Å². The second-order valence-corrected chi connectivity index (χ2v) is 9.80. The molecule has 1 aliphatic heterocycles. The first-order chi connectivity index (χ1) is 16.2. The number of halogens is 1. The Morgan fingerprint density at radius 3 is 2.58 bits per heavy atom. The predicted octanol–water partition coefficient (Wildman–Crippen LogP) is 4.91. The van der Waals surface area contributed by atoms with Gasteiger partial charge in [-0.25, -0.2) is 9.37 Å². The van der Waals surface area contributed by atoms with Crippen LogP contribution in [0, 0.1) is 11.7 Å². The van der Waals surface area contributed by atoms with Gasteiger partial charge in [0.25, 0.3) is 0 Å². The summed E-state index contributed by atoms with van der Waals surface area (Å²) in [5.74, 6) is 0.477. The summed E-state index contributed by atoms with van der Waals surface area (Å²) >= 11 is 0. The van der Waals surface area contributed by atoms with Crippen LogP contribution in [0.1, 0.15) is 50.0 Å². The van der Waals surface area contributed by atoms with Gasteiger partial charge in [-0.3, -0.25) is 4.90 Å². The topological polar surface area (TPSA) is 61.2 Å². The SMILES string of the molecule is N[C@H](C1CCCCC1)[C@@H](CCN1CCN(c2cccc3[nH]cnc23)CC1)c1ccccc1F. The van der Waals surface area contributed by atoms with Gasteiger partial charge >= 0.3 is 0 Å². The molecule has 1 saturated heterocycles. The van der Waals surface area contributed by atoms with Gasteiger partial charge in [0, 0.05) is 38.1 Å². The van der Waals surface area contributed by atoms with Gasteiger partial charge in [0.15, 0.2) is 0 Å². The number of aromatic nitrogens is 2. The summed E-state index contributed by atoms with van der Waals surface area (Å²) in [5, 5.41) is 0. The number of hydrogen-bond donors (Lipinski definition) is 2. The number of nitrogens with one attached hydrogen (secondary N) is 1. The highest BCUT2D eigenvalue weighted by Gasteiger charge is 2.31. The summed E-state index contributed by atoms with van der Waals surface area (Å²) in [4.78, 5) is 12.7. The molecule has 2 aliphatic rings. The lowest BCUT2D eigenvalue weighted by molar-refractivity contribution is 0.221. The number of aromatic amines is 1. The van der Waals surface area contributed by atoms with Crippen LogP contribution in [0.4, 0.5) is 10.1 Å². The smallest absolute Gasteiger partial charge is 0.126 e. The molecule has 0 unspecified atom stereocenters. The van der Waals surface area contributed by atoms with Crippen LogP contribution in [0.2, 0.25) is 0 Å². The number of rotatable bonds is 7. The van der Waals surface area contributed by atoms with Crippen LogP contribution < -0.4 is 10.6 Å². The van der Waals surface area contributed by atoms with E-state index in [0.29, 0.717) is 5.92 Å². The van der Waals surface area contributed by atoms with Crippen LogP contribution in [0.5, 0.6) is 0 Å². The minimum Gasteiger partial charge on any atom is -0.367 e. The third kappa shape index (κ3) is 4.92. The summed E-state index contributed by atoms with van der Waals surface area (Å²) in [6.07, 6.45) is 8.87. The summed E-state index contributed by atoms with van der Waals surface area (Å²) in [7, 11) is 0. The standard InChI is InChI=1S/C27H36FN5/c28-23-10-5-4-9-21(23)22(26(29)20-7-2-1-3-8-20)13-14-32-15-17-33(18-16-32)25-12-6-11-24-27(25)31-19-30-24/h4-6,9-12,19-20,22,26H,1-3,7-8,13-18,29H2,(H,30,31)/t22-,26+/m0/s1. The van der Waals surface area contributed by atoms with Crippen LogP contribution in [0.3, 0.4) is 0 Å². The Kier molecular flexibility index (Phi) is 6.93. The summed E-state index contributed by atoms with van der Waals surface area (Å²) in [6.45, 7) is 4.92.